The lowest BCUT2D eigenvalue weighted by atomic mass is 10.3. The fourth-order valence-corrected chi connectivity index (χ4v) is 2.16. The first-order chi connectivity index (χ1) is 9.08. The van der Waals surface area contributed by atoms with E-state index in [4.69, 9.17) is 0 Å². The van der Waals surface area contributed by atoms with Gasteiger partial charge in [-0.1, -0.05) is 13.8 Å². The zero-order valence-electron chi connectivity index (χ0n) is 12.7. The van der Waals surface area contributed by atoms with Crippen LogP contribution in [-0.2, 0) is 4.79 Å². The fourth-order valence-electron chi connectivity index (χ4n) is 2.16. The van der Waals surface area contributed by atoms with Gasteiger partial charge < -0.3 is 20.4 Å². The summed E-state index contributed by atoms with van der Waals surface area (Å²) in [5.74, 6) is 0.159. The van der Waals surface area contributed by atoms with Crippen molar-refractivity contribution in [3.63, 3.8) is 0 Å². The molecule has 1 rings (SSSR count). The molecule has 0 bridgehead atoms. The van der Waals surface area contributed by atoms with Crippen LogP contribution in [0, 0.1) is 0 Å². The van der Waals surface area contributed by atoms with Gasteiger partial charge in [0.1, 0.15) is 0 Å². The third-order valence-corrected chi connectivity index (χ3v) is 3.47. The van der Waals surface area contributed by atoms with E-state index < -0.39 is 0 Å². The Kier molecular flexibility index (Phi) is 8.02. The first-order valence-corrected chi connectivity index (χ1v) is 7.49. The molecule has 1 heterocycles. The van der Waals surface area contributed by atoms with E-state index in [0.29, 0.717) is 12.5 Å². The number of piperazine rings is 1. The number of hydrogen-bond donors (Lipinski definition) is 2. The van der Waals surface area contributed by atoms with Crippen LogP contribution in [0.4, 0.5) is 0 Å². The van der Waals surface area contributed by atoms with Crippen molar-refractivity contribution in [1.82, 2.24) is 20.4 Å². The van der Waals surface area contributed by atoms with Crippen molar-refractivity contribution in [2.24, 2.45) is 0 Å². The van der Waals surface area contributed by atoms with Gasteiger partial charge in [0.25, 0.3) is 0 Å². The summed E-state index contributed by atoms with van der Waals surface area (Å²) in [6.45, 7) is 11.5. The van der Waals surface area contributed by atoms with Crippen LogP contribution in [0.1, 0.15) is 26.7 Å². The third-order valence-electron chi connectivity index (χ3n) is 3.47. The number of carbonyl (C=O) groups excluding carboxylic acids is 1. The molecule has 0 aromatic heterocycles. The predicted molar refractivity (Wildman–Crippen MR) is 79.3 cm³/mol. The van der Waals surface area contributed by atoms with E-state index in [0.717, 1.165) is 52.2 Å². The minimum Gasteiger partial charge on any atom is -0.356 e. The number of hydrogen-bond acceptors (Lipinski definition) is 4. The van der Waals surface area contributed by atoms with E-state index in [-0.39, 0.29) is 5.91 Å². The van der Waals surface area contributed by atoms with Gasteiger partial charge in [0.2, 0.25) is 5.91 Å². The van der Waals surface area contributed by atoms with Crippen molar-refractivity contribution < 1.29 is 4.79 Å². The van der Waals surface area contributed by atoms with Gasteiger partial charge in [-0.15, -0.1) is 0 Å². The fraction of sp³-hybridized carbons (Fsp3) is 0.929. The van der Waals surface area contributed by atoms with Crippen LogP contribution in [0.2, 0.25) is 0 Å². The van der Waals surface area contributed by atoms with Gasteiger partial charge in [-0.05, 0) is 20.0 Å². The predicted octanol–water partition coefficient (Wildman–Crippen LogP) is 0.128. The highest BCUT2D eigenvalue weighted by molar-refractivity contribution is 5.75. The second-order valence-corrected chi connectivity index (χ2v) is 5.71. The molecule has 5 nitrogen and oxygen atoms in total. The summed E-state index contributed by atoms with van der Waals surface area (Å²) >= 11 is 0. The topological polar surface area (TPSA) is 47.6 Å². The summed E-state index contributed by atoms with van der Waals surface area (Å²) in [4.78, 5) is 16.4. The Bertz CT molecular complexity index is 250. The Morgan fingerprint density at radius 2 is 1.84 bits per heavy atom. The number of carbonyl (C=O) groups is 1. The highest BCUT2D eigenvalue weighted by atomic mass is 16.1. The van der Waals surface area contributed by atoms with Crippen molar-refractivity contribution >= 4 is 5.91 Å². The van der Waals surface area contributed by atoms with E-state index in [1.54, 1.807) is 0 Å². The number of nitrogens with one attached hydrogen (secondary N) is 2. The molecule has 0 saturated carbocycles. The molecule has 0 unspecified atom stereocenters. The van der Waals surface area contributed by atoms with Crippen LogP contribution in [0.25, 0.3) is 0 Å². The summed E-state index contributed by atoms with van der Waals surface area (Å²) in [5, 5.41) is 6.24. The molecule has 0 aliphatic carbocycles. The Morgan fingerprint density at radius 3 is 2.47 bits per heavy atom. The van der Waals surface area contributed by atoms with E-state index in [2.05, 4.69) is 41.3 Å². The SMILES string of the molecule is CC(C)NCCC(=O)NCCCN1CCN(C)CC1. The van der Waals surface area contributed by atoms with Gasteiger partial charge in [0.15, 0.2) is 0 Å². The largest absolute Gasteiger partial charge is 0.356 e. The Hall–Kier alpha value is -0.650. The average molecular weight is 270 g/mol. The lowest BCUT2D eigenvalue weighted by molar-refractivity contribution is -0.121. The molecule has 0 aromatic rings. The average Bonchev–Trinajstić information content (AvgIpc) is 2.36. The third kappa shape index (κ3) is 8.18. The highest BCUT2D eigenvalue weighted by Gasteiger charge is 2.12. The number of amides is 1. The summed E-state index contributed by atoms with van der Waals surface area (Å²) in [6, 6.07) is 0.449. The van der Waals surface area contributed by atoms with Crippen LogP contribution in [-0.4, -0.2) is 74.6 Å². The van der Waals surface area contributed by atoms with Gasteiger partial charge in [-0.2, -0.15) is 0 Å². The van der Waals surface area contributed by atoms with Crippen LogP contribution in [0.5, 0.6) is 0 Å². The lowest BCUT2D eigenvalue weighted by Crippen LogP contribution is -2.45. The van der Waals surface area contributed by atoms with E-state index in [1.807, 2.05) is 0 Å². The van der Waals surface area contributed by atoms with Gasteiger partial charge in [0, 0.05) is 51.7 Å². The zero-order valence-corrected chi connectivity index (χ0v) is 12.7. The Balaban J connectivity index is 1.94. The molecule has 19 heavy (non-hydrogen) atoms. The quantitative estimate of drug-likeness (QED) is 0.616. The van der Waals surface area contributed by atoms with E-state index in [1.165, 1.54) is 0 Å². The molecule has 1 aliphatic rings. The number of nitrogens with zero attached hydrogens (tertiary/aromatic N) is 2. The van der Waals surface area contributed by atoms with Crippen LogP contribution in [0.3, 0.4) is 0 Å². The standard InChI is InChI=1S/C14H30N4O/c1-13(2)15-7-5-14(19)16-6-4-8-18-11-9-17(3)10-12-18/h13,15H,4-12H2,1-3H3,(H,16,19). The maximum Gasteiger partial charge on any atom is 0.221 e. The smallest absolute Gasteiger partial charge is 0.221 e. The van der Waals surface area contributed by atoms with Crippen molar-refractivity contribution in [2.75, 3.05) is 52.9 Å². The van der Waals surface area contributed by atoms with E-state index in [9.17, 15) is 4.79 Å². The zero-order chi connectivity index (χ0) is 14.1. The maximum atomic E-state index is 11.5. The molecule has 0 aromatic carbocycles. The van der Waals surface area contributed by atoms with Crippen molar-refractivity contribution in [3.8, 4) is 0 Å². The van der Waals surface area contributed by atoms with Gasteiger partial charge in [-0.25, -0.2) is 0 Å². The highest BCUT2D eigenvalue weighted by Crippen LogP contribution is 1.99. The van der Waals surface area contributed by atoms with Crippen LogP contribution < -0.4 is 10.6 Å². The molecule has 1 fully saturated rings. The molecule has 0 spiro atoms. The summed E-state index contributed by atoms with van der Waals surface area (Å²) in [7, 11) is 2.17. The lowest BCUT2D eigenvalue weighted by Gasteiger charge is -2.32. The summed E-state index contributed by atoms with van der Waals surface area (Å²) < 4.78 is 0. The first kappa shape index (κ1) is 16.4. The normalized spacial score (nSPS) is 17.9. The minimum atomic E-state index is 0.159. The van der Waals surface area contributed by atoms with Crippen molar-refractivity contribution in [2.45, 2.75) is 32.7 Å². The minimum absolute atomic E-state index is 0.159. The van der Waals surface area contributed by atoms with Gasteiger partial charge in [0.05, 0.1) is 0 Å². The maximum absolute atomic E-state index is 11.5. The number of rotatable bonds is 8. The summed E-state index contributed by atoms with van der Waals surface area (Å²) in [5.41, 5.74) is 0. The molecular weight excluding hydrogens is 240 g/mol. The Labute approximate surface area is 117 Å². The number of likely N-dealkylation sites (N-methyl/N-ethyl adjacent to an activating group) is 1. The molecule has 1 amide bonds. The molecule has 1 aliphatic heterocycles. The molecule has 1 saturated heterocycles. The molecule has 0 radical (unpaired) electrons. The summed E-state index contributed by atoms with van der Waals surface area (Å²) in [6.07, 6.45) is 1.62. The van der Waals surface area contributed by atoms with Crippen LogP contribution >= 0.6 is 0 Å². The first-order valence-electron chi connectivity index (χ1n) is 7.49. The second kappa shape index (κ2) is 9.28. The second-order valence-electron chi connectivity index (χ2n) is 5.71. The molecule has 0 atom stereocenters. The molecular formula is C14H30N4O. The molecule has 5 heteroatoms. The van der Waals surface area contributed by atoms with E-state index >= 15 is 0 Å². The van der Waals surface area contributed by atoms with Gasteiger partial charge >= 0.3 is 0 Å². The Morgan fingerprint density at radius 1 is 1.16 bits per heavy atom. The molecule has 112 valence electrons. The molecule has 2 N–H and O–H groups in total. The van der Waals surface area contributed by atoms with Gasteiger partial charge in [-0.3, -0.25) is 4.79 Å². The van der Waals surface area contributed by atoms with Crippen LogP contribution in [0.15, 0.2) is 0 Å². The monoisotopic (exact) mass is 270 g/mol. The van der Waals surface area contributed by atoms with Crippen molar-refractivity contribution in [1.29, 1.82) is 0 Å². The van der Waals surface area contributed by atoms with Crippen molar-refractivity contribution in [3.05, 3.63) is 0 Å².